The van der Waals surface area contributed by atoms with Crippen LogP contribution in [-0.4, -0.2) is 34.2 Å². The minimum Gasteiger partial charge on any atom is -0.381 e. The molecular weight excluding hydrogens is 322 g/mol. The number of carbonyl (C=O) groups excluding carboxylic acids is 1. The molecule has 1 aliphatic heterocycles. The van der Waals surface area contributed by atoms with Crippen molar-refractivity contribution in [2.24, 2.45) is 5.92 Å². The van der Waals surface area contributed by atoms with Crippen LogP contribution in [0.25, 0.3) is 0 Å². The minimum absolute atomic E-state index is 0.145. The molecule has 0 aliphatic carbocycles. The van der Waals surface area contributed by atoms with E-state index in [4.69, 9.17) is 14.5 Å². The summed E-state index contributed by atoms with van der Waals surface area (Å²) in [7, 11) is 0. The van der Waals surface area contributed by atoms with Crippen molar-refractivity contribution in [1.82, 2.24) is 20.4 Å². The normalized spacial score (nSPS) is 16.6. The monoisotopic (exact) mass is 343 g/mol. The van der Waals surface area contributed by atoms with Gasteiger partial charge in [-0.1, -0.05) is 19.0 Å². The lowest BCUT2D eigenvalue weighted by atomic mass is 9.91. The van der Waals surface area contributed by atoms with E-state index < -0.39 is 0 Å². The number of hydrogen-bond acceptors (Lipinski definition) is 6. The number of hydrogen-bond donors (Lipinski definition) is 2. The molecule has 2 aromatic rings. The highest BCUT2D eigenvalue weighted by Crippen LogP contribution is 2.30. The van der Waals surface area contributed by atoms with Crippen LogP contribution in [0.2, 0.25) is 0 Å². The largest absolute Gasteiger partial charge is 0.381 e. The Kier molecular flexibility index (Phi) is 5.14. The van der Waals surface area contributed by atoms with Crippen molar-refractivity contribution in [3.63, 3.8) is 0 Å². The third-order valence-corrected chi connectivity index (χ3v) is 4.33. The van der Waals surface area contributed by atoms with Crippen molar-refractivity contribution in [3.8, 4) is 6.07 Å². The molecule has 2 N–H and O–H groups in total. The zero-order chi connectivity index (χ0) is 17.8. The van der Waals surface area contributed by atoms with Crippen LogP contribution >= 0.6 is 0 Å². The van der Waals surface area contributed by atoms with E-state index in [2.05, 4.69) is 20.4 Å². The molecule has 0 radical (unpaired) electrons. The van der Waals surface area contributed by atoms with E-state index in [1.165, 1.54) is 12.3 Å². The second kappa shape index (κ2) is 7.49. The number of nitrogens with zero attached hydrogens (tertiary/aromatic N) is 3. The van der Waals surface area contributed by atoms with Gasteiger partial charge in [-0.15, -0.1) is 0 Å². The SMILES string of the molecule is CC(C)c1noc([C@H](NC(=O)c2c[nH]c(C#N)c2)C2CCOCC2)n1. The highest BCUT2D eigenvalue weighted by atomic mass is 16.5. The van der Waals surface area contributed by atoms with Gasteiger partial charge in [0, 0.05) is 25.3 Å². The first-order chi connectivity index (χ1) is 12.1. The van der Waals surface area contributed by atoms with Crippen LogP contribution in [0.15, 0.2) is 16.8 Å². The lowest BCUT2D eigenvalue weighted by Gasteiger charge is -2.28. The number of rotatable bonds is 5. The molecule has 2 aromatic heterocycles. The fourth-order valence-electron chi connectivity index (χ4n) is 2.85. The number of aromatic amines is 1. The molecule has 1 aliphatic rings. The number of amides is 1. The molecule has 25 heavy (non-hydrogen) atoms. The van der Waals surface area contributed by atoms with Gasteiger partial charge in [-0.05, 0) is 24.8 Å². The van der Waals surface area contributed by atoms with Crippen LogP contribution in [0.4, 0.5) is 0 Å². The standard InChI is InChI=1S/C17H21N5O3/c1-10(2)15-21-17(25-22-15)14(11-3-5-24-6-4-11)20-16(23)12-7-13(8-18)19-9-12/h7,9-11,14,19H,3-6H2,1-2H3,(H,20,23)/t14-/m1/s1. The first-order valence-corrected chi connectivity index (χ1v) is 8.39. The summed E-state index contributed by atoms with van der Waals surface area (Å²) < 4.78 is 10.8. The smallest absolute Gasteiger partial charge is 0.253 e. The Hall–Kier alpha value is -2.66. The Balaban J connectivity index is 1.82. The van der Waals surface area contributed by atoms with Crippen molar-refractivity contribution >= 4 is 5.91 Å². The number of carbonyl (C=O) groups is 1. The van der Waals surface area contributed by atoms with Crippen LogP contribution in [0.5, 0.6) is 0 Å². The quantitative estimate of drug-likeness (QED) is 0.860. The highest BCUT2D eigenvalue weighted by Gasteiger charge is 2.32. The molecule has 1 amide bonds. The van der Waals surface area contributed by atoms with Crippen LogP contribution in [0, 0.1) is 17.2 Å². The number of ether oxygens (including phenoxy) is 1. The van der Waals surface area contributed by atoms with Gasteiger partial charge in [0.1, 0.15) is 17.8 Å². The van der Waals surface area contributed by atoms with Crippen LogP contribution < -0.4 is 5.32 Å². The maximum absolute atomic E-state index is 12.6. The molecule has 1 saturated heterocycles. The molecule has 0 unspecified atom stereocenters. The minimum atomic E-state index is -0.378. The summed E-state index contributed by atoms with van der Waals surface area (Å²) in [6.45, 7) is 5.26. The van der Waals surface area contributed by atoms with E-state index in [1.807, 2.05) is 19.9 Å². The topological polar surface area (TPSA) is 117 Å². The highest BCUT2D eigenvalue weighted by molar-refractivity contribution is 5.94. The first-order valence-electron chi connectivity index (χ1n) is 8.39. The predicted molar refractivity (Wildman–Crippen MR) is 87.6 cm³/mol. The third kappa shape index (κ3) is 3.88. The van der Waals surface area contributed by atoms with E-state index in [0.29, 0.717) is 36.2 Å². The van der Waals surface area contributed by atoms with Gasteiger partial charge >= 0.3 is 0 Å². The Labute approximate surface area is 145 Å². The molecule has 0 bridgehead atoms. The summed E-state index contributed by atoms with van der Waals surface area (Å²) in [6.07, 6.45) is 3.13. The van der Waals surface area contributed by atoms with Crippen molar-refractivity contribution in [3.05, 3.63) is 35.2 Å². The summed E-state index contributed by atoms with van der Waals surface area (Å²) >= 11 is 0. The summed E-state index contributed by atoms with van der Waals surface area (Å²) in [5.74, 6) is 1.06. The van der Waals surface area contributed by atoms with E-state index in [0.717, 1.165) is 12.8 Å². The number of nitriles is 1. The maximum atomic E-state index is 12.6. The van der Waals surface area contributed by atoms with Crippen molar-refractivity contribution in [2.75, 3.05) is 13.2 Å². The van der Waals surface area contributed by atoms with Gasteiger partial charge in [-0.2, -0.15) is 10.2 Å². The fraction of sp³-hybridized carbons (Fsp3) is 0.529. The maximum Gasteiger partial charge on any atom is 0.253 e. The molecule has 3 rings (SSSR count). The summed E-state index contributed by atoms with van der Waals surface area (Å²) in [4.78, 5) is 19.8. The van der Waals surface area contributed by atoms with Crippen LogP contribution in [-0.2, 0) is 4.74 Å². The van der Waals surface area contributed by atoms with E-state index in [1.54, 1.807) is 0 Å². The first kappa shape index (κ1) is 17.2. The van der Waals surface area contributed by atoms with Crippen molar-refractivity contribution < 1.29 is 14.1 Å². The molecule has 0 aromatic carbocycles. The number of aromatic nitrogens is 3. The van der Waals surface area contributed by atoms with Gasteiger partial charge in [0.15, 0.2) is 5.82 Å². The van der Waals surface area contributed by atoms with Gasteiger partial charge in [-0.25, -0.2) is 0 Å². The molecule has 1 atom stereocenters. The molecule has 132 valence electrons. The Morgan fingerprint density at radius 2 is 2.20 bits per heavy atom. The third-order valence-electron chi connectivity index (χ3n) is 4.33. The lowest BCUT2D eigenvalue weighted by Crippen LogP contribution is -2.36. The van der Waals surface area contributed by atoms with E-state index in [-0.39, 0.29) is 23.8 Å². The van der Waals surface area contributed by atoms with Crippen molar-refractivity contribution in [1.29, 1.82) is 5.26 Å². The zero-order valence-electron chi connectivity index (χ0n) is 14.3. The van der Waals surface area contributed by atoms with Gasteiger partial charge in [-0.3, -0.25) is 4.79 Å². The number of nitrogens with one attached hydrogen (secondary N) is 2. The summed E-state index contributed by atoms with van der Waals surface area (Å²) in [6, 6.07) is 3.11. The molecular formula is C17H21N5O3. The summed E-state index contributed by atoms with van der Waals surface area (Å²) in [5.41, 5.74) is 0.741. The van der Waals surface area contributed by atoms with E-state index in [9.17, 15) is 4.79 Å². The predicted octanol–water partition coefficient (Wildman–Crippen LogP) is 2.29. The molecule has 1 fully saturated rings. The second-order valence-corrected chi connectivity index (χ2v) is 6.46. The van der Waals surface area contributed by atoms with Gasteiger partial charge in [0.25, 0.3) is 5.91 Å². The molecule has 0 spiro atoms. The van der Waals surface area contributed by atoms with Gasteiger partial charge < -0.3 is 19.6 Å². The average molecular weight is 343 g/mol. The molecule has 8 nitrogen and oxygen atoms in total. The number of H-pyrrole nitrogens is 1. The summed E-state index contributed by atoms with van der Waals surface area (Å²) in [5, 5.41) is 15.9. The van der Waals surface area contributed by atoms with Crippen molar-refractivity contribution in [2.45, 2.75) is 38.6 Å². The zero-order valence-corrected chi connectivity index (χ0v) is 14.3. The molecule has 3 heterocycles. The molecule has 8 heteroatoms. The lowest BCUT2D eigenvalue weighted by molar-refractivity contribution is 0.0468. The van der Waals surface area contributed by atoms with E-state index >= 15 is 0 Å². The average Bonchev–Trinajstić information content (AvgIpc) is 3.29. The fourth-order valence-corrected chi connectivity index (χ4v) is 2.85. The van der Waals surface area contributed by atoms with Gasteiger partial charge in [0.05, 0.1) is 5.56 Å². The Morgan fingerprint density at radius 3 is 2.80 bits per heavy atom. The van der Waals surface area contributed by atoms with Crippen LogP contribution in [0.3, 0.4) is 0 Å². The second-order valence-electron chi connectivity index (χ2n) is 6.46. The molecule has 0 saturated carbocycles. The Bertz CT molecular complexity index is 767. The van der Waals surface area contributed by atoms with Gasteiger partial charge in [0.2, 0.25) is 5.89 Å². The Morgan fingerprint density at radius 1 is 1.44 bits per heavy atom. The van der Waals surface area contributed by atoms with Crippen LogP contribution in [0.1, 0.15) is 66.4 Å².